The van der Waals surface area contributed by atoms with Crippen molar-refractivity contribution in [1.82, 2.24) is 30.0 Å². The van der Waals surface area contributed by atoms with Crippen LogP contribution in [0.5, 0.6) is 0 Å². The summed E-state index contributed by atoms with van der Waals surface area (Å²) in [5.74, 6) is -0.379. The molecule has 9 nitrogen and oxygen atoms in total. The molecule has 1 aliphatic rings. The van der Waals surface area contributed by atoms with Gasteiger partial charge in [0, 0.05) is 24.0 Å². The molecule has 31 heavy (non-hydrogen) atoms. The molecule has 1 aromatic carbocycles. The summed E-state index contributed by atoms with van der Waals surface area (Å²) in [6, 6.07) is 13.2. The second-order valence-electron chi connectivity index (χ2n) is 7.17. The van der Waals surface area contributed by atoms with Crippen LogP contribution in [-0.4, -0.2) is 49.9 Å². The van der Waals surface area contributed by atoms with Gasteiger partial charge in [-0.3, -0.25) is 19.6 Å². The van der Waals surface area contributed by atoms with E-state index in [0.717, 1.165) is 5.56 Å². The zero-order valence-electron chi connectivity index (χ0n) is 16.4. The van der Waals surface area contributed by atoms with Crippen molar-refractivity contribution in [2.24, 2.45) is 0 Å². The van der Waals surface area contributed by atoms with E-state index in [-0.39, 0.29) is 30.4 Å². The minimum absolute atomic E-state index is 0.203. The Morgan fingerprint density at radius 3 is 2.74 bits per heavy atom. The molecule has 0 spiro atoms. The molecular weight excluding hydrogens is 396 g/mol. The van der Waals surface area contributed by atoms with E-state index in [0.29, 0.717) is 16.7 Å². The van der Waals surface area contributed by atoms with Gasteiger partial charge in [0.05, 0.1) is 42.2 Å². The van der Waals surface area contributed by atoms with Crippen LogP contribution in [0.15, 0.2) is 71.9 Å². The Kier molecular flexibility index (Phi) is 4.93. The zero-order valence-corrected chi connectivity index (χ0v) is 16.4. The van der Waals surface area contributed by atoms with Crippen LogP contribution in [0.3, 0.4) is 0 Å². The maximum Gasteiger partial charge on any atom is 0.271 e. The SMILES string of the molecule is O=C(NC1COCC1n1nc(-c2cccnc2)ccc1=O)c1cnc2ccccc2n1. The van der Waals surface area contributed by atoms with Crippen molar-refractivity contribution in [1.29, 1.82) is 0 Å². The van der Waals surface area contributed by atoms with Gasteiger partial charge in [0.1, 0.15) is 11.7 Å². The van der Waals surface area contributed by atoms with Crippen LogP contribution in [0, 0.1) is 0 Å². The molecular formula is C22H18N6O3. The van der Waals surface area contributed by atoms with Crippen molar-refractivity contribution in [2.45, 2.75) is 12.1 Å². The number of hydrogen-bond acceptors (Lipinski definition) is 7. The molecule has 2 unspecified atom stereocenters. The highest BCUT2D eigenvalue weighted by Crippen LogP contribution is 2.20. The first-order valence-electron chi connectivity index (χ1n) is 9.80. The van der Waals surface area contributed by atoms with Crippen LogP contribution in [0.4, 0.5) is 0 Å². The predicted molar refractivity (Wildman–Crippen MR) is 112 cm³/mol. The Morgan fingerprint density at radius 1 is 1.03 bits per heavy atom. The van der Waals surface area contributed by atoms with Crippen molar-refractivity contribution in [3.05, 3.63) is 83.2 Å². The second-order valence-corrected chi connectivity index (χ2v) is 7.17. The molecule has 1 N–H and O–H groups in total. The van der Waals surface area contributed by atoms with Gasteiger partial charge in [0.2, 0.25) is 0 Å². The molecule has 1 fully saturated rings. The predicted octanol–water partition coefficient (Wildman–Crippen LogP) is 1.62. The van der Waals surface area contributed by atoms with Crippen molar-refractivity contribution in [3.63, 3.8) is 0 Å². The lowest BCUT2D eigenvalue weighted by molar-refractivity contribution is 0.0919. The second kappa shape index (κ2) is 8.04. The molecule has 1 saturated heterocycles. The third-order valence-corrected chi connectivity index (χ3v) is 5.14. The number of benzene rings is 1. The highest BCUT2D eigenvalue weighted by molar-refractivity contribution is 5.94. The number of aromatic nitrogens is 5. The van der Waals surface area contributed by atoms with E-state index >= 15 is 0 Å². The average molecular weight is 414 g/mol. The van der Waals surface area contributed by atoms with Crippen molar-refractivity contribution < 1.29 is 9.53 Å². The highest BCUT2D eigenvalue weighted by Gasteiger charge is 2.33. The Labute approximate surface area is 176 Å². The van der Waals surface area contributed by atoms with E-state index in [4.69, 9.17) is 4.74 Å². The maximum absolute atomic E-state index is 12.8. The first-order valence-corrected chi connectivity index (χ1v) is 9.80. The Balaban J connectivity index is 1.41. The fraction of sp³-hybridized carbons (Fsp3) is 0.182. The lowest BCUT2D eigenvalue weighted by Crippen LogP contribution is -2.44. The molecule has 0 radical (unpaired) electrons. The zero-order chi connectivity index (χ0) is 21.2. The number of pyridine rings is 1. The Morgan fingerprint density at radius 2 is 1.90 bits per heavy atom. The number of hydrogen-bond donors (Lipinski definition) is 1. The summed E-state index contributed by atoms with van der Waals surface area (Å²) in [4.78, 5) is 38.1. The summed E-state index contributed by atoms with van der Waals surface area (Å²) in [5.41, 5.74) is 2.69. The lowest BCUT2D eigenvalue weighted by atomic mass is 10.1. The van der Waals surface area contributed by atoms with E-state index in [1.165, 1.54) is 16.9 Å². The first kappa shape index (κ1) is 19.0. The molecule has 154 valence electrons. The molecule has 9 heteroatoms. The number of nitrogens with zero attached hydrogens (tertiary/aromatic N) is 5. The minimum atomic E-state index is -0.443. The summed E-state index contributed by atoms with van der Waals surface area (Å²) < 4.78 is 6.94. The molecule has 5 rings (SSSR count). The van der Waals surface area contributed by atoms with Crippen LogP contribution in [0.2, 0.25) is 0 Å². The number of ether oxygens (including phenoxy) is 1. The van der Waals surface area contributed by atoms with E-state index < -0.39 is 12.1 Å². The fourth-order valence-corrected chi connectivity index (χ4v) is 3.56. The van der Waals surface area contributed by atoms with Gasteiger partial charge in [-0.2, -0.15) is 5.10 Å². The third kappa shape index (κ3) is 3.78. The standard InChI is InChI=1S/C22H18N6O3/c29-21-8-7-15(14-4-3-9-23-10-14)27-28(21)20-13-31-12-19(20)26-22(30)18-11-24-16-5-1-2-6-17(16)25-18/h1-11,19-20H,12-13H2,(H,26,30). The maximum atomic E-state index is 12.8. The van der Waals surface area contributed by atoms with E-state index in [2.05, 4.69) is 25.4 Å². The number of rotatable bonds is 4. The summed E-state index contributed by atoms with van der Waals surface area (Å²) in [6.45, 7) is 0.528. The monoisotopic (exact) mass is 414 g/mol. The molecule has 1 amide bonds. The molecule has 4 aromatic rings. The Hall–Kier alpha value is -3.98. The molecule has 4 heterocycles. The lowest BCUT2D eigenvalue weighted by Gasteiger charge is -2.20. The van der Waals surface area contributed by atoms with E-state index in [9.17, 15) is 9.59 Å². The van der Waals surface area contributed by atoms with Crippen LogP contribution in [0.1, 0.15) is 16.5 Å². The summed E-state index contributed by atoms with van der Waals surface area (Å²) in [5, 5.41) is 7.42. The van der Waals surface area contributed by atoms with Gasteiger partial charge in [-0.05, 0) is 30.3 Å². The first-order chi connectivity index (χ1) is 15.2. The largest absolute Gasteiger partial charge is 0.377 e. The normalized spacial score (nSPS) is 18.2. The summed E-state index contributed by atoms with van der Waals surface area (Å²) >= 11 is 0. The highest BCUT2D eigenvalue weighted by atomic mass is 16.5. The summed E-state index contributed by atoms with van der Waals surface area (Å²) in [6.07, 6.45) is 4.79. The van der Waals surface area contributed by atoms with Crippen molar-refractivity contribution in [3.8, 4) is 11.3 Å². The number of amides is 1. The molecule has 0 aliphatic carbocycles. The van der Waals surface area contributed by atoms with Gasteiger partial charge in [-0.25, -0.2) is 9.67 Å². The van der Waals surface area contributed by atoms with Crippen LogP contribution < -0.4 is 10.9 Å². The van der Waals surface area contributed by atoms with Crippen LogP contribution >= 0.6 is 0 Å². The summed E-state index contributed by atoms with van der Waals surface area (Å²) in [7, 11) is 0. The number of carbonyl (C=O) groups excluding carboxylic acids is 1. The van der Waals surface area contributed by atoms with Crippen molar-refractivity contribution in [2.75, 3.05) is 13.2 Å². The molecule has 0 saturated carbocycles. The molecule has 1 aliphatic heterocycles. The van der Waals surface area contributed by atoms with Gasteiger partial charge >= 0.3 is 0 Å². The fourth-order valence-electron chi connectivity index (χ4n) is 3.56. The quantitative estimate of drug-likeness (QED) is 0.540. The molecule has 3 aromatic heterocycles. The average Bonchev–Trinajstić information content (AvgIpc) is 3.27. The number of carbonyl (C=O) groups is 1. The van der Waals surface area contributed by atoms with Gasteiger partial charge < -0.3 is 10.1 Å². The third-order valence-electron chi connectivity index (χ3n) is 5.14. The van der Waals surface area contributed by atoms with E-state index in [1.807, 2.05) is 24.3 Å². The minimum Gasteiger partial charge on any atom is -0.377 e. The van der Waals surface area contributed by atoms with Gasteiger partial charge in [0.25, 0.3) is 11.5 Å². The number of nitrogens with one attached hydrogen (secondary N) is 1. The topological polar surface area (TPSA) is 112 Å². The van der Waals surface area contributed by atoms with Crippen LogP contribution in [0.25, 0.3) is 22.3 Å². The van der Waals surface area contributed by atoms with Crippen molar-refractivity contribution >= 4 is 16.9 Å². The molecule has 2 atom stereocenters. The molecule has 0 bridgehead atoms. The van der Waals surface area contributed by atoms with Gasteiger partial charge in [-0.15, -0.1) is 0 Å². The number of fused-ring (bicyclic) bond motifs is 1. The van der Waals surface area contributed by atoms with Crippen LogP contribution in [-0.2, 0) is 4.74 Å². The number of para-hydroxylation sites is 2. The van der Waals surface area contributed by atoms with E-state index in [1.54, 1.807) is 30.6 Å². The smallest absolute Gasteiger partial charge is 0.271 e. The Bertz CT molecular complexity index is 1310. The van der Waals surface area contributed by atoms with Gasteiger partial charge in [-0.1, -0.05) is 12.1 Å². The van der Waals surface area contributed by atoms with Gasteiger partial charge in [0.15, 0.2) is 0 Å².